The van der Waals surface area contributed by atoms with Gasteiger partial charge in [-0.2, -0.15) is 0 Å². The molecule has 2 heteroatoms. The second-order valence-electron chi connectivity index (χ2n) is 6.89. The Morgan fingerprint density at radius 3 is 2.17 bits per heavy atom. The summed E-state index contributed by atoms with van der Waals surface area (Å²) in [4.78, 5) is 2.77. The van der Waals surface area contributed by atoms with E-state index in [9.17, 15) is 0 Å². The van der Waals surface area contributed by atoms with E-state index in [-0.39, 0.29) is 0 Å². The lowest BCUT2D eigenvalue weighted by Gasteiger charge is -2.48. The molecule has 1 N–H and O–H groups in total. The highest BCUT2D eigenvalue weighted by molar-refractivity contribution is 4.92. The van der Waals surface area contributed by atoms with Crippen LogP contribution in [0, 0.1) is 17.8 Å². The van der Waals surface area contributed by atoms with Crippen molar-refractivity contribution in [1.82, 2.24) is 10.2 Å². The van der Waals surface area contributed by atoms with Crippen LogP contribution in [0.5, 0.6) is 0 Å². The molecule has 108 valence electrons. The molecule has 1 saturated heterocycles. The SMILES string of the molecule is CCC(C)C1CN(C(C)C(C)C)C(C(C)C)CN1. The molecule has 1 aliphatic heterocycles. The van der Waals surface area contributed by atoms with Gasteiger partial charge in [0.15, 0.2) is 0 Å². The van der Waals surface area contributed by atoms with Gasteiger partial charge in [0, 0.05) is 31.2 Å². The zero-order valence-electron chi connectivity index (χ0n) is 13.5. The second-order valence-corrected chi connectivity index (χ2v) is 6.89. The molecule has 2 nitrogen and oxygen atoms in total. The zero-order chi connectivity index (χ0) is 13.9. The molecule has 18 heavy (non-hydrogen) atoms. The number of piperazine rings is 1. The lowest BCUT2D eigenvalue weighted by atomic mass is 9.89. The standard InChI is InChI=1S/C16H34N2/c1-8-13(6)15-10-18(14(7)11(2)3)16(9-17-15)12(4)5/h11-17H,8-10H2,1-7H3. The Balaban J connectivity index is 2.76. The maximum Gasteiger partial charge on any atom is 0.0247 e. The quantitative estimate of drug-likeness (QED) is 0.809. The summed E-state index contributed by atoms with van der Waals surface area (Å²) in [7, 11) is 0. The molecule has 4 unspecified atom stereocenters. The fraction of sp³-hybridized carbons (Fsp3) is 1.00. The number of nitrogens with zero attached hydrogens (tertiary/aromatic N) is 1. The van der Waals surface area contributed by atoms with Crippen LogP contribution in [-0.4, -0.2) is 36.1 Å². The predicted octanol–water partition coefficient (Wildman–Crippen LogP) is 3.38. The molecule has 0 aromatic carbocycles. The first-order chi connectivity index (χ1) is 8.38. The van der Waals surface area contributed by atoms with Crippen LogP contribution in [0.2, 0.25) is 0 Å². The fourth-order valence-electron chi connectivity index (χ4n) is 2.95. The van der Waals surface area contributed by atoms with E-state index in [1.54, 1.807) is 0 Å². The highest BCUT2D eigenvalue weighted by Crippen LogP contribution is 2.24. The van der Waals surface area contributed by atoms with Gasteiger partial charge in [-0.15, -0.1) is 0 Å². The molecule has 1 aliphatic rings. The van der Waals surface area contributed by atoms with E-state index in [0.29, 0.717) is 18.1 Å². The van der Waals surface area contributed by atoms with Crippen molar-refractivity contribution in [3.8, 4) is 0 Å². The fourth-order valence-corrected chi connectivity index (χ4v) is 2.95. The summed E-state index contributed by atoms with van der Waals surface area (Å²) in [5, 5.41) is 3.78. The van der Waals surface area contributed by atoms with E-state index in [1.807, 2.05) is 0 Å². The van der Waals surface area contributed by atoms with Crippen LogP contribution in [0.15, 0.2) is 0 Å². The molecule has 0 spiro atoms. The molecule has 1 heterocycles. The van der Waals surface area contributed by atoms with E-state index < -0.39 is 0 Å². The minimum Gasteiger partial charge on any atom is -0.311 e. The van der Waals surface area contributed by atoms with Crippen molar-refractivity contribution in [3.63, 3.8) is 0 Å². The monoisotopic (exact) mass is 254 g/mol. The van der Waals surface area contributed by atoms with E-state index >= 15 is 0 Å². The summed E-state index contributed by atoms with van der Waals surface area (Å²) in [6.07, 6.45) is 1.27. The summed E-state index contributed by atoms with van der Waals surface area (Å²) in [5.41, 5.74) is 0. The van der Waals surface area contributed by atoms with Crippen molar-refractivity contribution in [3.05, 3.63) is 0 Å². The molecule has 1 rings (SSSR count). The summed E-state index contributed by atoms with van der Waals surface area (Å²) < 4.78 is 0. The minimum absolute atomic E-state index is 0.672. The van der Waals surface area contributed by atoms with E-state index in [4.69, 9.17) is 0 Å². The van der Waals surface area contributed by atoms with Crippen molar-refractivity contribution >= 4 is 0 Å². The van der Waals surface area contributed by atoms with Gasteiger partial charge < -0.3 is 5.32 Å². The zero-order valence-corrected chi connectivity index (χ0v) is 13.5. The lowest BCUT2D eigenvalue weighted by molar-refractivity contribution is 0.0327. The second kappa shape index (κ2) is 6.91. The Morgan fingerprint density at radius 1 is 1.11 bits per heavy atom. The van der Waals surface area contributed by atoms with Crippen molar-refractivity contribution < 1.29 is 0 Å². The molecule has 4 atom stereocenters. The normalized spacial score (nSPS) is 29.8. The van der Waals surface area contributed by atoms with Gasteiger partial charge in [-0.05, 0) is 24.7 Å². The average molecular weight is 254 g/mol. The Morgan fingerprint density at radius 2 is 1.72 bits per heavy atom. The predicted molar refractivity (Wildman–Crippen MR) is 80.9 cm³/mol. The first kappa shape index (κ1) is 16.0. The maximum absolute atomic E-state index is 3.78. The molecule has 0 aromatic heterocycles. The summed E-state index contributed by atoms with van der Waals surface area (Å²) in [6, 6.07) is 2.06. The van der Waals surface area contributed by atoms with Gasteiger partial charge in [-0.25, -0.2) is 0 Å². The number of hydrogen-bond acceptors (Lipinski definition) is 2. The third-order valence-corrected chi connectivity index (χ3v) is 5.01. The molecule has 0 amide bonds. The highest BCUT2D eigenvalue weighted by atomic mass is 15.3. The van der Waals surface area contributed by atoms with Crippen LogP contribution in [0.4, 0.5) is 0 Å². The van der Waals surface area contributed by atoms with Gasteiger partial charge in [0.05, 0.1) is 0 Å². The number of hydrogen-bond donors (Lipinski definition) is 1. The molecule has 0 bridgehead atoms. The lowest BCUT2D eigenvalue weighted by Crippen LogP contribution is -2.62. The van der Waals surface area contributed by atoms with Crippen LogP contribution in [0.3, 0.4) is 0 Å². The molecule has 0 aliphatic carbocycles. The van der Waals surface area contributed by atoms with Crippen molar-refractivity contribution in [2.24, 2.45) is 17.8 Å². The molecule has 1 fully saturated rings. The topological polar surface area (TPSA) is 15.3 Å². The van der Waals surface area contributed by atoms with Crippen LogP contribution >= 0.6 is 0 Å². The van der Waals surface area contributed by atoms with Crippen LogP contribution < -0.4 is 5.32 Å². The molecule has 0 saturated carbocycles. The largest absolute Gasteiger partial charge is 0.311 e. The smallest absolute Gasteiger partial charge is 0.0247 e. The Hall–Kier alpha value is -0.0800. The van der Waals surface area contributed by atoms with Gasteiger partial charge in [-0.1, -0.05) is 48.0 Å². The van der Waals surface area contributed by atoms with Crippen molar-refractivity contribution in [1.29, 1.82) is 0 Å². The van der Waals surface area contributed by atoms with Gasteiger partial charge >= 0.3 is 0 Å². The summed E-state index contributed by atoms with van der Waals surface area (Å²) >= 11 is 0. The van der Waals surface area contributed by atoms with Gasteiger partial charge in [0.25, 0.3) is 0 Å². The maximum atomic E-state index is 3.78. The van der Waals surface area contributed by atoms with Gasteiger partial charge in [0.1, 0.15) is 0 Å². The van der Waals surface area contributed by atoms with Gasteiger partial charge in [-0.3, -0.25) is 4.90 Å². The van der Waals surface area contributed by atoms with E-state index in [1.165, 1.54) is 13.0 Å². The van der Waals surface area contributed by atoms with Gasteiger partial charge in [0.2, 0.25) is 0 Å². The number of rotatable bonds is 5. The van der Waals surface area contributed by atoms with Crippen LogP contribution in [0.1, 0.15) is 54.9 Å². The summed E-state index contributed by atoms with van der Waals surface area (Å²) in [5.74, 6) is 2.25. The third-order valence-electron chi connectivity index (χ3n) is 5.01. The Bertz CT molecular complexity index is 237. The Labute approximate surface area is 115 Å². The van der Waals surface area contributed by atoms with Crippen LogP contribution in [0.25, 0.3) is 0 Å². The van der Waals surface area contributed by atoms with E-state index in [0.717, 1.165) is 24.3 Å². The molecule has 0 radical (unpaired) electrons. The molecule has 0 aromatic rings. The third kappa shape index (κ3) is 3.71. The average Bonchev–Trinajstić information content (AvgIpc) is 2.35. The molecular formula is C16H34N2. The van der Waals surface area contributed by atoms with Crippen LogP contribution in [-0.2, 0) is 0 Å². The molecular weight excluding hydrogens is 220 g/mol. The first-order valence-corrected chi connectivity index (χ1v) is 7.87. The van der Waals surface area contributed by atoms with Crippen molar-refractivity contribution in [2.45, 2.75) is 73.0 Å². The van der Waals surface area contributed by atoms with E-state index in [2.05, 4.69) is 58.7 Å². The van der Waals surface area contributed by atoms with Crippen molar-refractivity contribution in [2.75, 3.05) is 13.1 Å². The minimum atomic E-state index is 0.672. The number of nitrogens with one attached hydrogen (secondary N) is 1. The highest BCUT2D eigenvalue weighted by Gasteiger charge is 2.34. The first-order valence-electron chi connectivity index (χ1n) is 7.87. The Kier molecular flexibility index (Phi) is 6.13. The summed E-state index contributed by atoms with van der Waals surface area (Å²) in [6.45, 7) is 18.9.